The fourth-order valence-corrected chi connectivity index (χ4v) is 7.40. The van der Waals surface area contributed by atoms with Crippen molar-refractivity contribution in [2.45, 2.75) is 70.9 Å². The van der Waals surface area contributed by atoms with E-state index in [9.17, 15) is 24.3 Å². The van der Waals surface area contributed by atoms with Gasteiger partial charge in [0.25, 0.3) is 5.56 Å². The number of rotatable bonds is 14. The molecule has 3 aromatic heterocycles. The Balaban J connectivity index is 1.27. The van der Waals surface area contributed by atoms with Gasteiger partial charge < -0.3 is 35.2 Å². The first kappa shape index (κ1) is 42.1. The van der Waals surface area contributed by atoms with E-state index in [1.807, 2.05) is 42.5 Å². The van der Waals surface area contributed by atoms with Crippen LogP contribution in [0.5, 0.6) is 5.88 Å². The highest BCUT2D eigenvalue weighted by molar-refractivity contribution is 6.39. The van der Waals surface area contributed by atoms with E-state index in [0.717, 1.165) is 0 Å². The van der Waals surface area contributed by atoms with Crippen LogP contribution in [0.1, 0.15) is 51.4 Å². The largest absolute Gasteiger partial charge is 0.481 e. The van der Waals surface area contributed by atoms with E-state index < -0.39 is 30.2 Å². The number of nitrogens with zero attached hydrogens (tertiary/aromatic N) is 5. The van der Waals surface area contributed by atoms with Gasteiger partial charge in [0.1, 0.15) is 16.9 Å². The molecule has 306 valence electrons. The Kier molecular flexibility index (Phi) is 12.8. The molecule has 0 radical (unpaired) electrons. The molecule has 4 N–H and O–H groups in total. The van der Waals surface area contributed by atoms with Crippen LogP contribution in [0.3, 0.4) is 0 Å². The number of aromatic nitrogens is 4. The monoisotopic (exact) mass is 833 g/mol. The number of carboxylic acid groups (broad SMARTS) is 1. The van der Waals surface area contributed by atoms with E-state index >= 15 is 0 Å². The lowest BCUT2D eigenvalue weighted by Crippen LogP contribution is -2.43. The number of hydrogen-bond donors (Lipinski definition) is 4. The molecule has 1 fully saturated rings. The van der Waals surface area contributed by atoms with E-state index in [1.165, 1.54) is 16.2 Å². The van der Waals surface area contributed by atoms with Gasteiger partial charge in [-0.25, -0.2) is 14.3 Å². The number of amides is 2. The van der Waals surface area contributed by atoms with Gasteiger partial charge in [0, 0.05) is 72.2 Å². The number of pyridine rings is 1. The summed E-state index contributed by atoms with van der Waals surface area (Å²) in [7, 11) is 3.09. The molecule has 1 saturated heterocycles. The van der Waals surface area contributed by atoms with Crippen LogP contribution in [0.15, 0.2) is 65.6 Å². The molecule has 15 nitrogen and oxygen atoms in total. The second-order valence-electron chi connectivity index (χ2n) is 15.1. The number of hydrogen-bond acceptors (Lipinski definition) is 10. The van der Waals surface area contributed by atoms with Crippen molar-refractivity contribution < 1.29 is 34.1 Å². The Bertz CT molecular complexity index is 2430. The molecule has 1 aliphatic heterocycles. The molecule has 0 bridgehead atoms. The van der Waals surface area contributed by atoms with Gasteiger partial charge in [-0.2, -0.15) is 5.10 Å². The van der Waals surface area contributed by atoms with Gasteiger partial charge in [-0.05, 0) is 45.4 Å². The Labute approximate surface area is 344 Å². The summed E-state index contributed by atoms with van der Waals surface area (Å²) < 4.78 is 14.3. The number of methoxy groups -OCH3 is 1. The minimum atomic E-state index is -1.11. The fraction of sp³-hybridized carbons (Fsp3) is 0.366. The molecule has 0 unspecified atom stereocenters. The van der Waals surface area contributed by atoms with E-state index in [2.05, 4.69) is 15.7 Å². The van der Waals surface area contributed by atoms with Crippen LogP contribution in [0, 0.1) is 0 Å². The third kappa shape index (κ3) is 9.61. The Morgan fingerprint density at radius 2 is 1.72 bits per heavy atom. The topological polar surface area (TPSA) is 190 Å². The van der Waals surface area contributed by atoms with Crippen molar-refractivity contribution in [3.8, 4) is 39.4 Å². The zero-order valence-corrected chi connectivity index (χ0v) is 34.2. The summed E-state index contributed by atoms with van der Waals surface area (Å²) in [5.41, 5.74) is 3.62. The molecule has 0 spiro atoms. The van der Waals surface area contributed by atoms with Crippen molar-refractivity contribution in [2.75, 3.05) is 20.2 Å². The summed E-state index contributed by atoms with van der Waals surface area (Å²) >= 11 is 14.2. The van der Waals surface area contributed by atoms with E-state index in [-0.39, 0.29) is 43.7 Å². The van der Waals surface area contributed by atoms with E-state index in [4.69, 9.17) is 42.8 Å². The highest BCUT2D eigenvalue weighted by Crippen LogP contribution is 2.42. The summed E-state index contributed by atoms with van der Waals surface area (Å²) in [6.07, 6.45) is 0.695. The summed E-state index contributed by atoms with van der Waals surface area (Å²) in [5.74, 6) is -0.498. The lowest BCUT2D eigenvalue weighted by molar-refractivity contribution is -0.139. The lowest BCUT2D eigenvalue weighted by Gasteiger charge is -2.29. The molecule has 1 aliphatic rings. The molecule has 0 saturated carbocycles. The fourth-order valence-electron chi connectivity index (χ4n) is 6.73. The quantitative estimate of drug-likeness (QED) is 0.108. The average molecular weight is 835 g/mol. The van der Waals surface area contributed by atoms with Gasteiger partial charge in [-0.3, -0.25) is 19.0 Å². The van der Waals surface area contributed by atoms with Crippen LogP contribution in [0.2, 0.25) is 10.0 Å². The highest BCUT2D eigenvalue weighted by atomic mass is 35.5. The summed E-state index contributed by atoms with van der Waals surface area (Å²) in [6, 6.07) is 16.2. The Morgan fingerprint density at radius 1 is 1.05 bits per heavy atom. The minimum Gasteiger partial charge on any atom is -0.481 e. The standard InChI is InChI=1S/C41H45Cl2N7O8/c1-41(2,3)58-40(56)49(22-25-13-15-34(52)45-25)20-23-12-14-31(46-38(23)57-5)30-11-7-10-29(37(30)43)28-9-6-8-27(36(28)42)24-16-32-39(55)48(4)33(47-50(32)21-24)19-44-18-26(51)17-35(53)54/h6-12,14,16,21,25-26,44,51H,13,15,17-20,22H2,1-5H3,(H,45,52)(H,53,54)/t25-,26-/m0/s1. The molecule has 5 aromatic rings. The number of aliphatic hydroxyl groups is 1. The number of carbonyl (C=O) groups is 3. The number of fused-ring (bicyclic) bond motifs is 1. The first-order valence-corrected chi connectivity index (χ1v) is 19.4. The highest BCUT2D eigenvalue weighted by Gasteiger charge is 2.29. The van der Waals surface area contributed by atoms with Crippen molar-refractivity contribution in [3.63, 3.8) is 0 Å². The molecule has 2 amide bonds. The van der Waals surface area contributed by atoms with Gasteiger partial charge in [0.2, 0.25) is 11.8 Å². The molecule has 2 atom stereocenters. The maximum atomic E-state index is 13.4. The number of nitrogens with one attached hydrogen (secondary N) is 2. The van der Waals surface area contributed by atoms with Gasteiger partial charge in [0.05, 0.1) is 48.5 Å². The second kappa shape index (κ2) is 17.6. The number of aliphatic carboxylic acids is 1. The van der Waals surface area contributed by atoms with Gasteiger partial charge in [-0.15, -0.1) is 0 Å². The minimum absolute atomic E-state index is 0.0100. The first-order chi connectivity index (χ1) is 27.5. The third-order valence-electron chi connectivity index (χ3n) is 9.55. The number of carbonyl (C=O) groups excluding carboxylic acids is 2. The van der Waals surface area contributed by atoms with Crippen molar-refractivity contribution in [3.05, 3.63) is 92.6 Å². The molecule has 6 rings (SSSR count). The summed E-state index contributed by atoms with van der Waals surface area (Å²) in [4.78, 5) is 55.8. The lowest BCUT2D eigenvalue weighted by atomic mass is 9.97. The Hall–Kier alpha value is -5.48. The van der Waals surface area contributed by atoms with Crippen molar-refractivity contribution in [2.24, 2.45) is 7.05 Å². The molecule has 4 heterocycles. The van der Waals surface area contributed by atoms with Crippen LogP contribution in [0.4, 0.5) is 4.79 Å². The van der Waals surface area contributed by atoms with Crippen LogP contribution < -0.4 is 20.9 Å². The summed E-state index contributed by atoms with van der Waals surface area (Å²) in [5, 5.41) is 30.0. The second-order valence-corrected chi connectivity index (χ2v) is 15.8. The summed E-state index contributed by atoms with van der Waals surface area (Å²) in [6.45, 7) is 5.89. The number of carboxylic acids is 1. The van der Waals surface area contributed by atoms with Crippen LogP contribution in [0.25, 0.3) is 39.0 Å². The molecular weight excluding hydrogens is 789 g/mol. The molecular formula is C41H45Cl2N7O8. The molecule has 2 aromatic carbocycles. The number of halogens is 2. The third-order valence-corrected chi connectivity index (χ3v) is 10.4. The zero-order valence-electron chi connectivity index (χ0n) is 32.7. The number of aliphatic hydroxyl groups excluding tert-OH is 1. The predicted octanol–water partition coefficient (Wildman–Crippen LogP) is 5.69. The number of benzene rings is 2. The van der Waals surface area contributed by atoms with Crippen LogP contribution >= 0.6 is 23.2 Å². The van der Waals surface area contributed by atoms with E-state index in [0.29, 0.717) is 79.2 Å². The normalized spacial score (nSPS) is 14.7. The van der Waals surface area contributed by atoms with Crippen molar-refractivity contribution >= 4 is 46.7 Å². The van der Waals surface area contributed by atoms with Gasteiger partial charge >= 0.3 is 12.1 Å². The van der Waals surface area contributed by atoms with Gasteiger partial charge in [0.15, 0.2) is 0 Å². The predicted molar refractivity (Wildman–Crippen MR) is 219 cm³/mol. The SMILES string of the molecule is COc1nc(-c2cccc(-c3cccc(-c4cc5c(=O)n(C)c(CNC[C@@H](O)CC(=O)O)nn5c4)c3Cl)c2Cl)ccc1CN(C[C@@H]1CCC(=O)N1)C(=O)OC(C)(C)C. The number of ether oxygens (including phenoxy) is 2. The van der Waals surface area contributed by atoms with Crippen molar-refractivity contribution in [1.82, 2.24) is 34.7 Å². The van der Waals surface area contributed by atoms with Gasteiger partial charge in [-0.1, -0.05) is 59.6 Å². The molecule has 58 heavy (non-hydrogen) atoms. The average Bonchev–Trinajstić information content (AvgIpc) is 3.78. The smallest absolute Gasteiger partial charge is 0.410 e. The molecule has 17 heteroatoms. The van der Waals surface area contributed by atoms with Crippen LogP contribution in [-0.2, 0) is 34.5 Å². The van der Waals surface area contributed by atoms with Crippen molar-refractivity contribution in [1.29, 1.82) is 0 Å². The van der Waals surface area contributed by atoms with E-state index in [1.54, 1.807) is 51.0 Å². The zero-order chi connectivity index (χ0) is 41.9. The molecule has 0 aliphatic carbocycles. The first-order valence-electron chi connectivity index (χ1n) is 18.6. The Morgan fingerprint density at radius 3 is 2.36 bits per heavy atom. The maximum Gasteiger partial charge on any atom is 0.410 e. The maximum absolute atomic E-state index is 13.4. The van der Waals surface area contributed by atoms with Crippen LogP contribution in [-0.4, -0.2) is 90.2 Å².